The first-order chi connectivity index (χ1) is 11.4. The molecule has 1 rings (SSSR count). The number of carbonyl (C=O) groups is 2. The van der Waals surface area contributed by atoms with Crippen molar-refractivity contribution in [3.8, 4) is 0 Å². The third-order valence-corrected chi connectivity index (χ3v) is 4.81. The van der Waals surface area contributed by atoms with Gasteiger partial charge in [-0.3, -0.25) is 0 Å². The van der Waals surface area contributed by atoms with E-state index in [4.69, 9.17) is 5.11 Å². The number of hydrogen-bond acceptors (Lipinski definition) is 4. The molecule has 1 saturated carbocycles. The quantitative estimate of drug-likeness (QED) is 0.539. The van der Waals surface area contributed by atoms with Crippen LogP contribution in [0.1, 0.15) is 86.0 Å². The van der Waals surface area contributed by atoms with Crippen LogP contribution in [-0.2, 0) is 9.59 Å². The van der Waals surface area contributed by atoms with Crippen molar-refractivity contribution in [3.05, 3.63) is 0 Å². The standard InChI is InChI=1S/C13H22O6.C6H14/c1-11(2,3)7-8-5-4-6-12(18,9(14)15)13(8,19)10(16)17;1-3-5-6-4-2/h8,18-19H,4-7H2,1-3H3,(H,14,15)(H,16,17);3-6H2,1-2H3. The van der Waals surface area contributed by atoms with Gasteiger partial charge in [-0.25, -0.2) is 9.59 Å². The summed E-state index contributed by atoms with van der Waals surface area (Å²) in [5.41, 5.74) is -5.55. The summed E-state index contributed by atoms with van der Waals surface area (Å²) in [6.45, 7) is 10.1. The Labute approximate surface area is 151 Å². The van der Waals surface area contributed by atoms with E-state index in [1.165, 1.54) is 25.7 Å². The smallest absolute Gasteiger partial charge is 0.339 e. The van der Waals surface area contributed by atoms with E-state index in [9.17, 15) is 24.9 Å². The molecule has 25 heavy (non-hydrogen) atoms. The second kappa shape index (κ2) is 9.53. The van der Waals surface area contributed by atoms with Crippen LogP contribution in [0.25, 0.3) is 0 Å². The lowest BCUT2D eigenvalue weighted by Gasteiger charge is -2.47. The van der Waals surface area contributed by atoms with Crippen molar-refractivity contribution < 1.29 is 30.0 Å². The van der Waals surface area contributed by atoms with Crippen molar-refractivity contribution in [3.63, 3.8) is 0 Å². The van der Waals surface area contributed by atoms with E-state index in [1.807, 2.05) is 20.8 Å². The molecule has 0 amide bonds. The van der Waals surface area contributed by atoms with Crippen LogP contribution in [0.15, 0.2) is 0 Å². The topological polar surface area (TPSA) is 115 Å². The largest absolute Gasteiger partial charge is 0.479 e. The van der Waals surface area contributed by atoms with Gasteiger partial charge in [0.25, 0.3) is 0 Å². The van der Waals surface area contributed by atoms with Crippen LogP contribution in [0, 0.1) is 11.3 Å². The van der Waals surface area contributed by atoms with Crippen LogP contribution in [-0.4, -0.2) is 43.6 Å². The van der Waals surface area contributed by atoms with Crippen molar-refractivity contribution in [1.29, 1.82) is 0 Å². The van der Waals surface area contributed by atoms with Crippen LogP contribution in [0.5, 0.6) is 0 Å². The Morgan fingerprint density at radius 1 is 1.00 bits per heavy atom. The monoisotopic (exact) mass is 360 g/mol. The van der Waals surface area contributed by atoms with Crippen LogP contribution >= 0.6 is 0 Å². The molecule has 1 aliphatic carbocycles. The van der Waals surface area contributed by atoms with Crippen LogP contribution in [0.3, 0.4) is 0 Å². The molecule has 3 unspecified atom stereocenters. The van der Waals surface area contributed by atoms with E-state index >= 15 is 0 Å². The number of rotatable bonds is 6. The molecule has 0 aromatic heterocycles. The second-order valence-electron chi connectivity index (χ2n) is 8.30. The fourth-order valence-electron chi connectivity index (χ4n) is 3.45. The Bertz CT molecular complexity index is 438. The van der Waals surface area contributed by atoms with Gasteiger partial charge in [0.15, 0.2) is 0 Å². The summed E-state index contributed by atoms with van der Waals surface area (Å²) in [5.74, 6) is -4.15. The van der Waals surface area contributed by atoms with E-state index in [1.54, 1.807) is 0 Å². The summed E-state index contributed by atoms with van der Waals surface area (Å²) in [5, 5.41) is 39.0. The van der Waals surface area contributed by atoms with Gasteiger partial charge in [-0.1, -0.05) is 60.3 Å². The van der Waals surface area contributed by atoms with Gasteiger partial charge >= 0.3 is 11.9 Å². The molecule has 6 heteroatoms. The second-order valence-corrected chi connectivity index (χ2v) is 8.30. The third kappa shape index (κ3) is 5.96. The van der Waals surface area contributed by atoms with Gasteiger partial charge in [0.05, 0.1) is 0 Å². The summed E-state index contributed by atoms with van der Waals surface area (Å²) < 4.78 is 0. The van der Waals surface area contributed by atoms with E-state index < -0.39 is 29.1 Å². The molecule has 0 heterocycles. The first-order valence-electron chi connectivity index (χ1n) is 9.28. The van der Waals surface area contributed by atoms with E-state index in [-0.39, 0.29) is 11.8 Å². The predicted octanol–water partition coefficient (Wildman–Crippen LogP) is 3.44. The first-order valence-corrected chi connectivity index (χ1v) is 9.28. The molecule has 0 spiro atoms. The van der Waals surface area contributed by atoms with Crippen LogP contribution in [0.2, 0.25) is 0 Å². The number of aliphatic hydroxyl groups is 2. The SMILES string of the molecule is CC(C)(C)CC1CCCC(O)(C(=O)O)C1(O)C(=O)O.CCCCCC. The zero-order chi connectivity index (χ0) is 19.9. The molecule has 4 N–H and O–H groups in total. The normalized spacial score (nSPS) is 29.5. The lowest BCUT2D eigenvalue weighted by atomic mass is 9.61. The molecule has 0 aliphatic heterocycles. The fraction of sp³-hybridized carbons (Fsp3) is 0.895. The highest BCUT2D eigenvalue weighted by Gasteiger charge is 2.66. The molecule has 0 aromatic rings. The van der Waals surface area contributed by atoms with Gasteiger partial charge in [-0.15, -0.1) is 0 Å². The molecule has 1 aliphatic rings. The lowest BCUT2D eigenvalue weighted by Crippen LogP contribution is -2.69. The lowest BCUT2D eigenvalue weighted by molar-refractivity contribution is -0.230. The first kappa shape index (κ1) is 23.9. The molecule has 6 nitrogen and oxygen atoms in total. The van der Waals surface area contributed by atoms with Crippen LogP contribution in [0.4, 0.5) is 0 Å². The van der Waals surface area contributed by atoms with Gasteiger partial charge in [-0.05, 0) is 31.1 Å². The zero-order valence-corrected chi connectivity index (χ0v) is 16.3. The maximum Gasteiger partial charge on any atom is 0.339 e. The number of carboxylic acids is 2. The van der Waals surface area contributed by atoms with Crippen molar-refractivity contribution >= 4 is 11.9 Å². The number of carboxylic acid groups (broad SMARTS) is 2. The van der Waals surface area contributed by atoms with Crippen molar-refractivity contribution in [2.75, 3.05) is 0 Å². The number of aliphatic carboxylic acids is 2. The molecule has 1 fully saturated rings. The maximum atomic E-state index is 11.4. The zero-order valence-electron chi connectivity index (χ0n) is 16.3. The minimum Gasteiger partial charge on any atom is -0.479 e. The summed E-state index contributed by atoms with van der Waals surface area (Å²) in [6, 6.07) is 0. The van der Waals surface area contributed by atoms with Crippen LogP contribution < -0.4 is 0 Å². The van der Waals surface area contributed by atoms with Gasteiger partial charge in [-0.2, -0.15) is 0 Å². The predicted molar refractivity (Wildman–Crippen MR) is 96.4 cm³/mol. The highest BCUT2D eigenvalue weighted by molar-refractivity contribution is 5.91. The third-order valence-electron chi connectivity index (χ3n) is 4.81. The molecule has 148 valence electrons. The Morgan fingerprint density at radius 2 is 1.48 bits per heavy atom. The van der Waals surface area contributed by atoms with Crippen molar-refractivity contribution in [2.24, 2.45) is 11.3 Å². The molecule has 3 atom stereocenters. The molecular weight excluding hydrogens is 324 g/mol. The summed E-state index contributed by atoms with van der Waals surface area (Å²) in [7, 11) is 0. The molecular formula is C19H36O6. The van der Waals surface area contributed by atoms with Gasteiger partial charge in [0, 0.05) is 5.92 Å². The highest BCUT2D eigenvalue weighted by Crippen LogP contribution is 2.46. The number of unbranched alkanes of at least 4 members (excludes halogenated alkanes) is 3. The molecule has 0 aromatic carbocycles. The molecule has 0 saturated heterocycles. The highest BCUT2D eigenvalue weighted by atomic mass is 16.5. The average molecular weight is 360 g/mol. The van der Waals surface area contributed by atoms with Gasteiger partial charge < -0.3 is 20.4 Å². The minimum absolute atomic E-state index is 0.258. The fourth-order valence-corrected chi connectivity index (χ4v) is 3.45. The summed E-state index contributed by atoms with van der Waals surface area (Å²) >= 11 is 0. The van der Waals surface area contributed by atoms with Crippen molar-refractivity contribution in [1.82, 2.24) is 0 Å². The summed E-state index contributed by atoms with van der Waals surface area (Å²) in [6.07, 6.45) is 6.36. The van der Waals surface area contributed by atoms with Crippen molar-refractivity contribution in [2.45, 2.75) is 97.2 Å². The van der Waals surface area contributed by atoms with E-state index in [0.29, 0.717) is 19.3 Å². The minimum atomic E-state index is -2.65. The Hall–Kier alpha value is -1.14. The van der Waals surface area contributed by atoms with Gasteiger partial charge in [0.2, 0.25) is 11.2 Å². The number of hydrogen-bond donors (Lipinski definition) is 4. The molecule has 0 radical (unpaired) electrons. The Balaban J connectivity index is 0.000000823. The molecule has 0 bridgehead atoms. The average Bonchev–Trinajstić information content (AvgIpc) is 2.48. The van der Waals surface area contributed by atoms with Gasteiger partial charge in [0.1, 0.15) is 0 Å². The van der Waals surface area contributed by atoms with E-state index in [0.717, 1.165) is 0 Å². The van der Waals surface area contributed by atoms with E-state index in [2.05, 4.69) is 13.8 Å². The Morgan fingerprint density at radius 3 is 1.80 bits per heavy atom. The Kier molecular flexibility index (Phi) is 9.09. The maximum absolute atomic E-state index is 11.4. The summed E-state index contributed by atoms with van der Waals surface area (Å²) in [4.78, 5) is 22.7.